The van der Waals surface area contributed by atoms with Crippen molar-refractivity contribution < 1.29 is 9.53 Å². The highest BCUT2D eigenvalue weighted by molar-refractivity contribution is 5.82. The zero-order valence-electron chi connectivity index (χ0n) is 20.7. The van der Waals surface area contributed by atoms with Crippen LogP contribution in [-0.4, -0.2) is 50.2 Å². The number of nitrogens with zero attached hydrogens (tertiary/aromatic N) is 1. The quantitative estimate of drug-likeness (QED) is 0.593. The third kappa shape index (κ3) is 5.08. The minimum absolute atomic E-state index is 0.00995. The van der Waals surface area contributed by atoms with Crippen molar-refractivity contribution in [2.75, 3.05) is 39.4 Å². The average Bonchev–Trinajstić information content (AvgIpc) is 3.61. The van der Waals surface area contributed by atoms with Crippen molar-refractivity contribution >= 4 is 5.91 Å². The van der Waals surface area contributed by atoms with Gasteiger partial charge < -0.3 is 15.0 Å². The number of ether oxygens (including phenoxy) is 1. The van der Waals surface area contributed by atoms with E-state index in [0.717, 1.165) is 58.7 Å². The van der Waals surface area contributed by atoms with Crippen LogP contribution in [0.1, 0.15) is 62.5 Å². The van der Waals surface area contributed by atoms with Crippen molar-refractivity contribution in [2.45, 2.75) is 56.8 Å². The van der Waals surface area contributed by atoms with Crippen LogP contribution in [0.4, 0.5) is 0 Å². The van der Waals surface area contributed by atoms with Gasteiger partial charge in [0.1, 0.15) is 0 Å². The number of piperidine rings is 1. The Balaban J connectivity index is 1.09. The van der Waals surface area contributed by atoms with Crippen molar-refractivity contribution in [3.05, 3.63) is 71.8 Å². The second-order valence-corrected chi connectivity index (χ2v) is 11.0. The van der Waals surface area contributed by atoms with Gasteiger partial charge in [0, 0.05) is 31.1 Å². The fourth-order valence-corrected chi connectivity index (χ4v) is 6.32. The SMILES string of the molecule is C[C@H](CCN1CCC2(CC1)C[C@@H]2C(=O)NCC1(c2ccccc2)CCOCC1)c1ccccc1. The number of amides is 1. The van der Waals surface area contributed by atoms with E-state index >= 15 is 0 Å². The first-order valence-electron chi connectivity index (χ1n) is 13.3. The van der Waals surface area contributed by atoms with E-state index in [2.05, 4.69) is 77.8 Å². The fourth-order valence-electron chi connectivity index (χ4n) is 6.32. The van der Waals surface area contributed by atoms with Crippen LogP contribution in [-0.2, 0) is 14.9 Å². The molecule has 1 amide bonds. The summed E-state index contributed by atoms with van der Waals surface area (Å²) in [5, 5.41) is 3.39. The second-order valence-electron chi connectivity index (χ2n) is 11.0. The molecule has 1 spiro atoms. The number of carbonyl (C=O) groups excluding carboxylic acids is 1. The monoisotopic (exact) mass is 460 g/mol. The number of nitrogens with one attached hydrogen (secondary N) is 1. The molecule has 0 unspecified atom stereocenters. The predicted molar refractivity (Wildman–Crippen MR) is 137 cm³/mol. The summed E-state index contributed by atoms with van der Waals surface area (Å²) in [6.07, 6.45) is 6.57. The third-order valence-electron chi connectivity index (χ3n) is 9.04. The zero-order chi connectivity index (χ0) is 23.4. The van der Waals surface area contributed by atoms with Gasteiger partial charge in [-0.25, -0.2) is 0 Å². The summed E-state index contributed by atoms with van der Waals surface area (Å²) in [7, 11) is 0. The number of carbonyl (C=O) groups is 1. The lowest BCUT2D eigenvalue weighted by molar-refractivity contribution is -0.124. The van der Waals surface area contributed by atoms with Gasteiger partial charge in [-0.1, -0.05) is 67.6 Å². The third-order valence-corrected chi connectivity index (χ3v) is 9.04. The molecule has 2 aliphatic heterocycles. The van der Waals surface area contributed by atoms with E-state index < -0.39 is 0 Å². The Morgan fingerprint density at radius 2 is 1.65 bits per heavy atom. The molecule has 1 saturated carbocycles. The predicted octanol–water partition coefficient (Wildman–Crippen LogP) is 5.15. The van der Waals surface area contributed by atoms with Gasteiger partial charge in [-0.15, -0.1) is 0 Å². The summed E-state index contributed by atoms with van der Waals surface area (Å²) < 4.78 is 5.66. The van der Waals surface area contributed by atoms with Crippen molar-refractivity contribution in [3.8, 4) is 0 Å². The van der Waals surface area contributed by atoms with Crippen LogP contribution >= 0.6 is 0 Å². The molecule has 0 radical (unpaired) electrons. The summed E-state index contributed by atoms with van der Waals surface area (Å²) in [4.78, 5) is 15.8. The fraction of sp³-hybridized carbons (Fsp3) is 0.567. The maximum atomic E-state index is 13.2. The van der Waals surface area contributed by atoms with Crippen LogP contribution in [0, 0.1) is 11.3 Å². The summed E-state index contributed by atoms with van der Waals surface area (Å²) in [5.41, 5.74) is 3.05. The molecule has 0 bridgehead atoms. The Morgan fingerprint density at radius 3 is 2.32 bits per heavy atom. The Bertz CT molecular complexity index is 931. The molecule has 2 aromatic rings. The molecular weight excluding hydrogens is 420 g/mol. The van der Waals surface area contributed by atoms with Crippen molar-refractivity contribution in [1.29, 1.82) is 0 Å². The molecule has 2 saturated heterocycles. The molecule has 2 atom stereocenters. The highest BCUT2D eigenvalue weighted by Gasteiger charge is 2.58. The van der Waals surface area contributed by atoms with Gasteiger partial charge in [0.05, 0.1) is 0 Å². The number of hydrogen-bond acceptors (Lipinski definition) is 3. The molecule has 182 valence electrons. The largest absolute Gasteiger partial charge is 0.381 e. The van der Waals surface area contributed by atoms with Gasteiger partial charge in [0.25, 0.3) is 0 Å². The molecular formula is C30H40N2O2. The van der Waals surface area contributed by atoms with E-state index in [9.17, 15) is 4.79 Å². The molecule has 34 heavy (non-hydrogen) atoms. The first kappa shape index (κ1) is 23.6. The molecule has 3 aliphatic rings. The van der Waals surface area contributed by atoms with E-state index in [1.165, 1.54) is 30.4 Å². The number of hydrogen-bond donors (Lipinski definition) is 1. The van der Waals surface area contributed by atoms with Gasteiger partial charge >= 0.3 is 0 Å². The lowest BCUT2D eigenvalue weighted by Crippen LogP contribution is -2.45. The summed E-state index contributed by atoms with van der Waals surface area (Å²) >= 11 is 0. The number of benzene rings is 2. The normalized spacial score (nSPS) is 24.4. The Morgan fingerprint density at radius 1 is 1.00 bits per heavy atom. The highest BCUT2D eigenvalue weighted by Crippen LogP contribution is 2.59. The lowest BCUT2D eigenvalue weighted by atomic mass is 9.74. The van der Waals surface area contributed by atoms with Crippen molar-refractivity contribution in [3.63, 3.8) is 0 Å². The van der Waals surface area contributed by atoms with Gasteiger partial charge in [-0.2, -0.15) is 0 Å². The lowest BCUT2D eigenvalue weighted by Gasteiger charge is -2.38. The van der Waals surface area contributed by atoms with E-state index in [-0.39, 0.29) is 22.7 Å². The van der Waals surface area contributed by atoms with Crippen LogP contribution in [0.15, 0.2) is 60.7 Å². The van der Waals surface area contributed by atoms with E-state index in [0.29, 0.717) is 5.92 Å². The van der Waals surface area contributed by atoms with Crippen LogP contribution in [0.3, 0.4) is 0 Å². The van der Waals surface area contributed by atoms with Crippen molar-refractivity contribution in [2.24, 2.45) is 11.3 Å². The van der Waals surface area contributed by atoms with E-state index in [4.69, 9.17) is 4.74 Å². The molecule has 2 aromatic carbocycles. The smallest absolute Gasteiger partial charge is 0.223 e. The number of likely N-dealkylation sites (tertiary alicyclic amines) is 1. The van der Waals surface area contributed by atoms with Crippen LogP contribution in [0.25, 0.3) is 0 Å². The van der Waals surface area contributed by atoms with E-state index in [1.807, 2.05) is 0 Å². The molecule has 1 aliphatic carbocycles. The molecule has 4 heteroatoms. The zero-order valence-corrected chi connectivity index (χ0v) is 20.7. The Labute approximate surface area is 205 Å². The topological polar surface area (TPSA) is 41.6 Å². The highest BCUT2D eigenvalue weighted by atomic mass is 16.5. The maximum Gasteiger partial charge on any atom is 0.223 e. The molecule has 4 nitrogen and oxygen atoms in total. The number of rotatable bonds is 8. The Kier molecular flexibility index (Phi) is 7.08. The summed E-state index contributed by atoms with van der Waals surface area (Å²) in [6, 6.07) is 21.6. The minimum atomic E-state index is 0.00995. The van der Waals surface area contributed by atoms with Gasteiger partial charge in [0.2, 0.25) is 5.91 Å². The van der Waals surface area contributed by atoms with E-state index in [1.54, 1.807) is 0 Å². The summed E-state index contributed by atoms with van der Waals surface area (Å²) in [6.45, 7) is 8.05. The molecule has 1 N–H and O–H groups in total. The molecule has 5 rings (SSSR count). The van der Waals surface area contributed by atoms with Crippen LogP contribution < -0.4 is 5.32 Å². The standard InChI is InChI=1S/C30H40N2O2/c1-24(25-8-4-2-5-9-25)12-17-32-18-13-29(14-19-32)22-27(29)28(33)31-23-30(15-20-34-21-16-30)26-10-6-3-7-11-26/h2-11,24,27H,12-23H2,1H3,(H,31,33)/t24-,27-/m1/s1. The second kappa shape index (κ2) is 10.2. The van der Waals surface area contributed by atoms with Crippen molar-refractivity contribution in [1.82, 2.24) is 10.2 Å². The maximum absolute atomic E-state index is 13.2. The molecule has 3 fully saturated rings. The van der Waals surface area contributed by atoms with Gasteiger partial charge in [-0.05, 0) is 80.6 Å². The van der Waals surface area contributed by atoms with Crippen LogP contribution in [0.5, 0.6) is 0 Å². The molecule has 0 aromatic heterocycles. The van der Waals surface area contributed by atoms with Crippen LogP contribution in [0.2, 0.25) is 0 Å². The molecule has 2 heterocycles. The minimum Gasteiger partial charge on any atom is -0.381 e. The summed E-state index contributed by atoms with van der Waals surface area (Å²) in [5.74, 6) is 1.09. The first-order valence-corrected chi connectivity index (χ1v) is 13.3. The Hall–Kier alpha value is -2.17. The van der Waals surface area contributed by atoms with Gasteiger partial charge in [-0.3, -0.25) is 4.79 Å². The van der Waals surface area contributed by atoms with Gasteiger partial charge in [0.15, 0.2) is 0 Å². The first-order chi connectivity index (χ1) is 16.6. The average molecular weight is 461 g/mol.